The number of aliphatic hydroxyl groups excluding tert-OH is 2. The van der Waals surface area contributed by atoms with Gasteiger partial charge < -0.3 is 25.0 Å². The molecule has 1 aliphatic rings. The molecule has 0 spiro atoms. The number of nitrogens with zero attached hydrogens (tertiary/aromatic N) is 2. The van der Waals surface area contributed by atoms with Crippen LogP contribution in [0.5, 0.6) is 0 Å². The molecule has 8 heteroatoms. The summed E-state index contributed by atoms with van der Waals surface area (Å²) >= 11 is 0. The number of rotatable bonds is 2. The zero-order valence-corrected chi connectivity index (χ0v) is 10.7. The standard InChI is InChI=1S/C12H15N3O5/c1-12(19)9(17)8(4-16)20-10(12)6-2-3-7-11(18)13-5-14-15(6)7/h2-3,5,8-10,16-17,19H,4H2,1H3,(H,13,14,18)/t8-,9-,10+,12-/m1/s1. The van der Waals surface area contributed by atoms with Crippen LogP contribution in [0.3, 0.4) is 0 Å². The number of fused-ring (bicyclic) bond motifs is 1. The molecule has 8 nitrogen and oxygen atoms in total. The lowest BCUT2D eigenvalue weighted by atomic mass is 9.91. The fourth-order valence-electron chi connectivity index (χ4n) is 2.59. The second-order valence-electron chi connectivity index (χ2n) is 5.08. The van der Waals surface area contributed by atoms with Crippen LogP contribution < -0.4 is 5.56 Å². The van der Waals surface area contributed by atoms with Gasteiger partial charge in [0.25, 0.3) is 5.56 Å². The number of ether oxygens (including phenoxy) is 1. The van der Waals surface area contributed by atoms with E-state index in [1.165, 1.54) is 17.8 Å². The van der Waals surface area contributed by atoms with E-state index in [1.54, 1.807) is 12.1 Å². The van der Waals surface area contributed by atoms with E-state index >= 15 is 0 Å². The quantitative estimate of drug-likeness (QED) is 0.535. The highest BCUT2D eigenvalue weighted by Gasteiger charge is 2.53. The Balaban J connectivity index is 2.12. The minimum atomic E-state index is -1.59. The maximum Gasteiger partial charge on any atom is 0.275 e. The first-order valence-corrected chi connectivity index (χ1v) is 6.19. The molecule has 0 bridgehead atoms. The van der Waals surface area contributed by atoms with E-state index in [-0.39, 0.29) is 5.56 Å². The van der Waals surface area contributed by atoms with Crippen molar-refractivity contribution in [3.8, 4) is 0 Å². The number of nitrogens with one attached hydrogen (secondary N) is 1. The Bertz CT molecular complexity index is 692. The third kappa shape index (κ3) is 1.70. The maximum atomic E-state index is 11.6. The van der Waals surface area contributed by atoms with E-state index in [2.05, 4.69) is 10.1 Å². The average molecular weight is 281 g/mol. The SMILES string of the molecule is C[C@@]1(O)[C@H](O)[C@@H](CO)O[C@H]1c1ccc2c(=O)[nH]cnn12. The molecule has 4 atom stereocenters. The van der Waals surface area contributed by atoms with Crippen molar-refractivity contribution in [1.82, 2.24) is 14.6 Å². The smallest absolute Gasteiger partial charge is 0.275 e. The van der Waals surface area contributed by atoms with Gasteiger partial charge in [-0.15, -0.1) is 0 Å². The van der Waals surface area contributed by atoms with Gasteiger partial charge in [-0.25, -0.2) is 4.52 Å². The molecule has 0 amide bonds. The third-order valence-corrected chi connectivity index (χ3v) is 3.73. The van der Waals surface area contributed by atoms with Crippen LogP contribution in [0.4, 0.5) is 0 Å². The molecule has 2 aromatic heterocycles. The molecule has 108 valence electrons. The van der Waals surface area contributed by atoms with Crippen molar-refractivity contribution in [3.05, 3.63) is 34.5 Å². The van der Waals surface area contributed by atoms with E-state index in [0.29, 0.717) is 11.2 Å². The van der Waals surface area contributed by atoms with Crippen LogP contribution in [0.1, 0.15) is 18.7 Å². The second-order valence-corrected chi connectivity index (χ2v) is 5.08. The van der Waals surface area contributed by atoms with Crippen molar-refractivity contribution in [2.24, 2.45) is 0 Å². The largest absolute Gasteiger partial charge is 0.394 e. The molecule has 0 saturated carbocycles. The van der Waals surface area contributed by atoms with Crippen LogP contribution >= 0.6 is 0 Å². The topological polar surface area (TPSA) is 120 Å². The van der Waals surface area contributed by atoms with Gasteiger partial charge in [0.15, 0.2) is 0 Å². The summed E-state index contributed by atoms with van der Waals surface area (Å²) in [5.41, 5.74) is -1.16. The molecular formula is C12H15N3O5. The summed E-state index contributed by atoms with van der Waals surface area (Å²) in [6.07, 6.45) is -1.78. The number of hydrogen-bond acceptors (Lipinski definition) is 6. The highest BCUT2D eigenvalue weighted by Crippen LogP contribution is 2.41. The molecule has 2 aromatic rings. The van der Waals surface area contributed by atoms with Gasteiger partial charge in [0.2, 0.25) is 0 Å². The second kappa shape index (κ2) is 4.38. The van der Waals surface area contributed by atoms with Gasteiger partial charge >= 0.3 is 0 Å². The van der Waals surface area contributed by atoms with E-state index in [1.807, 2.05) is 0 Å². The molecule has 0 radical (unpaired) electrons. The van der Waals surface area contributed by atoms with Crippen molar-refractivity contribution >= 4 is 5.52 Å². The monoisotopic (exact) mass is 281 g/mol. The van der Waals surface area contributed by atoms with Crippen molar-refractivity contribution < 1.29 is 20.1 Å². The van der Waals surface area contributed by atoms with Gasteiger partial charge in [0, 0.05) is 0 Å². The number of aromatic amines is 1. The summed E-state index contributed by atoms with van der Waals surface area (Å²) in [7, 11) is 0. The predicted molar refractivity (Wildman–Crippen MR) is 67.1 cm³/mol. The van der Waals surface area contributed by atoms with Crippen molar-refractivity contribution in [1.29, 1.82) is 0 Å². The first-order chi connectivity index (χ1) is 9.46. The highest BCUT2D eigenvalue weighted by atomic mass is 16.6. The fraction of sp³-hybridized carbons (Fsp3) is 0.500. The Hall–Kier alpha value is -1.74. The summed E-state index contributed by atoms with van der Waals surface area (Å²) in [5, 5.41) is 33.6. The van der Waals surface area contributed by atoms with Gasteiger partial charge in [-0.2, -0.15) is 5.10 Å². The molecule has 0 aliphatic carbocycles. The highest BCUT2D eigenvalue weighted by molar-refractivity contribution is 5.46. The summed E-state index contributed by atoms with van der Waals surface area (Å²) in [5.74, 6) is 0. The van der Waals surface area contributed by atoms with Crippen molar-refractivity contribution in [2.45, 2.75) is 30.8 Å². The van der Waals surface area contributed by atoms with E-state index in [9.17, 15) is 15.0 Å². The van der Waals surface area contributed by atoms with Crippen LogP contribution in [-0.2, 0) is 4.74 Å². The summed E-state index contributed by atoms with van der Waals surface area (Å²) in [6, 6.07) is 3.16. The zero-order chi connectivity index (χ0) is 14.5. The van der Waals surface area contributed by atoms with Gasteiger partial charge in [0.1, 0.15) is 35.8 Å². The number of aromatic nitrogens is 3. The fourth-order valence-corrected chi connectivity index (χ4v) is 2.59. The average Bonchev–Trinajstić information content (AvgIpc) is 2.92. The van der Waals surface area contributed by atoms with Crippen molar-refractivity contribution in [3.63, 3.8) is 0 Å². The Morgan fingerprint density at radius 3 is 2.95 bits per heavy atom. The molecule has 4 N–H and O–H groups in total. The van der Waals surface area contributed by atoms with Crippen LogP contribution in [0, 0.1) is 0 Å². The Labute approximate surface area is 113 Å². The molecule has 3 heterocycles. The molecule has 20 heavy (non-hydrogen) atoms. The maximum absolute atomic E-state index is 11.6. The Morgan fingerprint density at radius 2 is 2.30 bits per heavy atom. The van der Waals surface area contributed by atoms with Crippen molar-refractivity contribution in [2.75, 3.05) is 6.61 Å². The molecule has 3 rings (SSSR count). The lowest BCUT2D eigenvalue weighted by molar-refractivity contribution is -0.0664. The van der Waals surface area contributed by atoms with Gasteiger partial charge in [-0.05, 0) is 19.1 Å². The number of H-pyrrole nitrogens is 1. The lowest BCUT2D eigenvalue weighted by Crippen LogP contribution is -2.43. The molecule has 1 fully saturated rings. The van der Waals surface area contributed by atoms with Crippen LogP contribution in [-0.4, -0.2) is 54.3 Å². The minimum absolute atomic E-state index is 0.309. The van der Waals surface area contributed by atoms with Crippen LogP contribution in [0.2, 0.25) is 0 Å². The number of aliphatic hydroxyl groups is 3. The first kappa shape index (κ1) is 13.3. The summed E-state index contributed by atoms with van der Waals surface area (Å²) in [4.78, 5) is 14.1. The Kier molecular flexibility index (Phi) is 2.91. The van der Waals surface area contributed by atoms with Gasteiger partial charge in [-0.1, -0.05) is 0 Å². The van der Waals surface area contributed by atoms with Crippen LogP contribution in [0.25, 0.3) is 5.52 Å². The van der Waals surface area contributed by atoms with Gasteiger partial charge in [-0.3, -0.25) is 4.79 Å². The molecule has 1 saturated heterocycles. The van der Waals surface area contributed by atoms with E-state index in [0.717, 1.165) is 0 Å². The van der Waals surface area contributed by atoms with E-state index in [4.69, 9.17) is 9.84 Å². The molecule has 0 unspecified atom stereocenters. The molecule has 1 aliphatic heterocycles. The first-order valence-electron chi connectivity index (χ1n) is 6.19. The minimum Gasteiger partial charge on any atom is -0.394 e. The third-order valence-electron chi connectivity index (χ3n) is 3.73. The Morgan fingerprint density at radius 1 is 1.55 bits per heavy atom. The summed E-state index contributed by atoms with van der Waals surface area (Å²) in [6.45, 7) is 1.01. The van der Waals surface area contributed by atoms with Gasteiger partial charge in [0.05, 0.1) is 12.3 Å². The predicted octanol–water partition coefficient (Wildman–Crippen LogP) is -1.43. The molecule has 0 aromatic carbocycles. The van der Waals surface area contributed by atoms with Crippen LogP contribution in [0.15, 0.2) is 23.3 Å². The summed E-state index contributed by atoms with van der Waals surface area (Å²) < 4.78 is 6.86. The number of hydrogen-bond donors (Lipinski definition) is 4. The zero-order valence-electron chi connectivity index (χ0n) is 10.7. The van der Waals surface area contributed by atoms with E-state index < -0.39 is 30.5 Å². The molecular weight excluding hydrogens is 266 g/mol. The lowest BCUT2D eigenvalue weighted by Gasteiger charge is -2.26. The normalized spacial score (nSPS) is 33.9.